The maximum absolute atomic E-state index is 13.0. The van der Waals surface area contributed by atoms with Crippen LogP contribution in [0, 0.1) is 11.8 Å². The first-order valence-corrected chi connectivity index (χ1v) is 11.0. The number of ketones is 1. The largest absolute Gasteiger partial charge is 1.00 e. The van der Waals surface area contributed by atoms with Crippen LogP contribution < -0.4 is 38.2 Å². The fraction of sp³-hybridized carbons (Fsp3) is 0.560. The number of methoxy groups -OCH3 is 1. The number of carbonyl (C=O) groups is 1. The summed E-state index contributed by atoms with van der Waals surface area (Å²) < 4.78 is 17.8. The lowest BCUT2D eigenvalue weighted by Gasteiger charge is -2.43. The van der Waals surface area contributed by atoms with Gasteiger partial charge in [0.1, 0.15) is 6.04 Å². The third-order valence-corrected chi connectivity index (χ3v) is 7.12. The Kier molecular flexibility index (Phi) is 7.41. The lowest BCUT2D eigenvalue weighted by molar-refractivity contribution is -0.922. The fourth-order valence-corrected chi connectivity index (χ4v) is 5.19. The fourth-order valence-electron chi connectivity index (χ4n) is 5.19. The lowest BCUT2D eigenvalue weighted by Crippen LogP contribution is -3.00. The van der Waals surface area contributed by atoms with Gasteiger partial charge in [0.15, 0.2) is 17.3 Å². The average Bonchev–Trinajstić information content (AvgIpc) is 3.16. The van der Waals surface area contributed by atoms with Crippen molar-refractivity contribution in [1.82, 2.24) is 0 Å². The highest BCUT2D eigenvalue weighted by molar-refractivity contribution is 5.90. The number of halogens is 1. The highest BCUT2D eigenvalue weighted by atomic mass is 127. The number of rotatable bonds is 5. The average molecular weight is 539 g/mol. The number of nitrogens with zero attached hydrogens (tertiary/aromatic N) is 1. The molecular formula is C25H34INO4. The van der Waals surface area contributed by atoms with Crippen LogP contribution in [0.2, 0.25) is 0 Å². The van der Waals surface area contributed by atoms with Crippen molar-refractivity contribution in [1.29, 1.82) is 0 Å². The molecule has 4 rings (SSSR count). The number of hydrogen-bond donors (Lipinski definition) is 0. The van der Waals surface area contributed by atoms with Crippen molar-refractivity contribution in [2.75, 3.05) is 34.5 Å². The Balaban J connectivity index is 0.00000272. The number of ether oxygens (including phenoxy) is 3. The topological polar surface area (TPSA) is 44.8 Å². The molecule has 6 heteroatoms. The molecule has 1 aliphatic carbocycles. The Morgan fingerprint density at radius 1 is 1.32 bits per heavy atom. The number of hydrogen-bond acceptors (Lipinski definition) is 4. The van der Waals surface area contributed by atoms with Crippen molar-refractivity contribution in [3.8, 4) is 17.2 Å². The zero-order valence-corrected chi connectivity index (χ0v) is 21.4. The molecule has 3 aliphatic rings. The molecule has 3 atom stereocenters. The van der Waals surface area contributed by atoms with Crippen molar-refractivity contribution < 1.29 is 47.5 Å². The van der Waals surface area contributed by atoms with E-state index < -0.39 is 0 Å². The second-order valence-electron chi connectivity index (χ2n) is 9.65. The first-order chi connectivity index (χ1) is 14.3. The molecule has 0 fully saturated rings. The number of benzene rings is 1. The van der Waals surface area contributed by atoms with Gasteiger partial charge in [0.25, 0.3) is 0 Å². The van der Waals surface area contributed by atoms with Crippen molar-refractivity contribution in [3.05, 3.63) is 41.0 Å². The van der Waals surface area contributed by atoms with Gasteiger partial charge in [0.05, 0.1) is 39.7 Å². The van der Waals surface area contributed by atoms with Gasteiger partial charge in [0.2, 0.25) is 12.5 Å². The van der Waals surface area contributed by atoms with Gasteiger partial charge in [-0.15, -0.1) is 0 Å². The Labute approximate surface area is 203 Å². The molecule has 0 radical (unpaired) electrons. The van der Waals surface area contributed by atoms with Crippen molar-refractivity contribution in [2.45, 2.75) is 45.6 Å². The summed E-state index contributed by atoms with van der Waals surface area (Å²) in [6.07, 6.45) is 9.81. The van der Waals surface area contributed by atoms with Gasteiger partial charge in [-0.2, -0.15) is 0 Å². The molecule has 0 spiro atoms. The van der Waals surface area contributed by atoms with Gasteiger partial charge in [-0.05, 0) is 49.3 Å². The molecule has 1 aromatic rings. The highest BCUT2D eigenvalue weighted by Gasteiger charge is 2.42. The summed E-state index contributed by atoms with van der Waals surface area (Å²) in [6.45, 7) is 5.66. The number of likely N-dealkylation sites (N-methyl/N-ethyl adjacent to an activating group) is 1. The summed E-state index contributed by atoms with van der Waals surface area (Å²) in [7, 11) is 6.07. The minimum Gasteiger partial charge on any atom is -1.00 e. The second-order valence-corrected chi connectivity index (χ2v) is 9.65. The summed E-state index contributed by atoms with van der Waals surface area (Å²) in [4.78, 5) is 13.0. The summed E-state index contributed by atoms with van der Waals surface area (Å²) in [5.41, 5.74) is 3.77. The van der Waals surface area contributed by atoms with Crippen LogP contribution in [0.5, 0.6) is 17.2 Å². The van der Waals surface area contributed by atoms with Crippen molar-refractivity contribution in [3.63, 3.8) is 0 Å². The molecular weight excluding hydrogens is 505 g/mol. The van der Waals surface area contributed by atoms with E-state index in [1.165, 1.54) is 11.1 Å². The highest BCUT2D eigenvalue weighted by Crippen LogP contribution is 2.51. The lowest BCUT2D eigenvalue weighted by atomic mass is 9.80. The molecule has 31 heavy (non-hydrogen) atoms. The van der Waals surface area contributed by atoms with E-state index in [4.69, 9.17) is 14.2 Å². The van der Waals surface area contributed by atoms with E-state index in [1.807, 2.05) is 6.08 Å². The van der Waals surface area contributed by atoms with Crippen LogP contribution in [0.1, 0.15) is 50.3 Å². The molecule has 2 heterocycles. The van der Waals surface area contributed by atoms with Gasteiger partial charge in [-0.1, -0.05) is 24.6 Å². The Morgan fingerprint density at radius 2 is 2.10 bits per heavy atom. The maximum atomic E-state index is 13.0. The second kappa shape index (κ2) is 9.53. The summed E-state index contributed by atoms with van der Waals surface area (Å²) in [5.74, 6) is 3.36. The summed E-state index contributed by atoms with van der Waals surface area (Å²) in [5, 5.41) is 0. The quantitative estimate of drug-likeness (QED) is 0.247. The molecule has 0 aromatic heterocycles. The van der Waals surface area contributed by atoms with Crippen molar-refractivity contribution >= 4 is 5.78 Å². The van der Waals surface area contributed by atoms with Crippen LogP contribution in [-0.4, -0.2) is 44.8 Å². The van der Waals surface area contributed by atoms with Crippen LogP contribution in [0.4, 0.5) is 0 Å². The molecule has 3 unspecified atom stereocenters. The SMILES string of the molecule is COc1c2c(cc3c1C(CC(=O)C=CC1CC=C(C)CC1C)[N+](C)(C)CC3)OCO2.[I-]. The zero-order valence-electron chi connectivity index (χ0n) is 19.2. The minimum absolute atomic E-state index is 0. The van der Waals surface area contributed by atoms with E-state index in [0.29, 0.717) is 24.0 Å². The predicted octanol–water partition coefficient (Wildman–Crippen LogP) is 1.61. The Morgan fingerprint density at radius 3 is 2.81 bits per heavy atom. The van der Waals surface area contributed by atoms with E-state index in [2.05, 4.69) is 46.2 Å². The molecule has 170 valence electrons. The maximum Gasteiger partial charge on any atom is 0.231 e. The van der Waals surface area contributed by atoms with Crippen LogP contribution in [0.15, 0.2) is 29.9 Å². The van der Waals surface area contributed by atoms with Crippen molar-refractivity contribution in [2.24, 2.45) is 11.8 Å². The minimum atomic E-state index is 0. The molecule has 0 saturated heterocycles. The van der Waals surface area contributed by atoms with Crippen LogP contribution >= 0.6 is 0 Å². The van der Waals surface area contributed by atoms with Gasteiger partial charge in [0, 0.05) is 6.42 Å². The van der Waals surface area contributed by atoms with Crippen LogP contribution in [0.25, 0.3) is 0 Å². The third-order valence-electron chi connectivity index (χ3n) is 7.12. The van der Waals surface area contributed by atoms with E-state index >= 15 is 0 Å². The van der Waals surface area contributed by atoms with E-state index in [-0.39, 0.29) is 42.6 Å². The van der Waals surface area contributed by atoms with E-state index in [1.54, 1.807) is 7.11 Å². The van der Waals surface area contributed by atoms with Crippen LogP contribution in [-0.2, 0) is 11.2 Å². The van der Waals surface area contributed by atoms with Gasteiger partial charge < -0.3 is 42.7 Å². The van der Waals surface area contributed by atoms with Gasteiger partial charge in [-0.25, -0.2) is 0 Å². The monoisotopic (exact) mass is 539 g/mol. The Hall–Kier alpha value is -1.54. The number of allylic oxidation sites excluding steroid dienone is 4. The molecule has 5 nitrogen and oxygen atoms in total. The van der Waals surface area contributed by atoms with Crippen LogP contribution in [0.3, 0.4) is 0 Å². The van der Waals surface area contributed by atoms with E-state index in [9.17, 15) is 4.79 Å². The Bertz CT molecular complexity index is 905. The summed E-state index contributed by atoms with van der Waals surface area (Å²) >= 11 is 0. The molecule has 0 N–H and O–H groups in total. The van der Waals surface area contributed by atoms with Gasteiger partial charge >= 0.3 is 0 Å². The number of fused-ring (bicyclic) bond motifs is 2. The summed E-state index contributed by atoms with van der Waals surface area (Å²) in [6, 6.07) is 2.10. The first kappa shape index (κ1) is 24.1. The smallest absolute Gasteiger partial charge is 0.231 e. The zero-order chi connectivity index (χ0) is 21.5. The first-order valence-electron chi connectivity index (χ1n) is 11.0. The molecule has 0 amide bonds. The molecule has 1 aromatic carbocycles. The molecule has 0 bridgehead atoms. The normalized spacial score (nSPS) is 26.1. The molecule has 2 aliphatic heterocycles. The standard InChI is InChI=1S/C25H34NO4.HI/c1-16-6-7-18(17(2)12-16)8-9-20(27)14-21-23-19(10-11-26(21,3)4)13-22-24(25(23)28-5)30-15-29-22;/h6,8-9,13,17-18,21H,7,10-12,14-15H2,1-5H3;1H/q+1;/p-1. The third kappa shape index (κ3) is 4.80. The predicted molar refractivity (Wildman–Crippen MR) is 117 cm³/mol. The number of carbonyl (C=O) groups excluding carboxylic acids is 1. The van der Waals surface area contributed by atoms with E-state index in [0.717, 1.165) is 47.4 Å². The van der Waals surface area contributed by atoms with Gasteiger partial charge in [-0.3, -0.25) is 4.79 Å². The molecule has 0 saturated carbocycles. The number of quaternary nitrogens is 1.